The highest BCUT2D eigenvalue weighted by Crippen LogP contribution is 2.41. The molecule has 1 unspecified atom stereocenters. The summed E-state index contributed by atoms with van der Waals surface area (Å²) in [7, 11) is 0. The average Bonchev–Trinajstić information content (AvgIpc) is 3.09. The van der Waals surface area contributed by atoms with Gasteiger partial charge in [0.2, 0.25) is 0 Å². The van der Waals surface area contributed by atoms with Crippen molar-refractivity contribution in [1.29, 1.82) is 0 Å². The predicted octanol–water partition coefficient (Wildman–Crippen LogP) is 4.53. The molecular weight excluding hydrogens is 278 g/mol. The van der Waals surface area contributed by atoms with Gasteiger partial charge >= 0.3 is 0 Å². The van der Waals surface area contributed by atoms with Crippen LogP contribution in [0.5, 0.6) is 0 Å². The Balaban J connectivity index is 2.09. The first-order valence-corrected chi connectivity index (χ1v) is 9.32. The fourth-order valence-corrected chi connectivity index (χ4v) is 4.43. The molecule has 0 amide bonds. The molecule has 21 heavy (non-hydrogen) atoms. The Labute approximate surface area is 134 Å². The molecular formula is C17H31N3S. The minimum Gasteiger partial charge on any atom is -0.348 e. The van der Waals surface area contributed by atoms with Gasteiger partial charge in [0, 0.05) is 24.0 Å². The third-order valence-electron chi connectivity index (χ3n) is 5.12. The Morgan fingerprint density at radius 1 is 1.33 bits per heavy atom. The van der Waals surface area contributed by atoms with Crippen molar-refractivity contribution in [1.82, 2.24) is 10.3 Å². The van der Waals surface area contributed by atoms with Gasteiger partial charge in [0.15, 0.2) is 5.13 Å². The molecule has 2 heterocycles. The third kappa shape index (κ3) is 3.59. The normalized spacial score (nSPS) is 19.2. The largest absolute Gasteiger partial charge is 0.348 e. The van der Waals surface area contributed by atoms with E-state index in [1.54, 1.807) is 0 Å². The minimum atomic E-state index is 0.418. The molecule has 3 nitrogen and oxygen atoms in total. The lowest BCUT2D eigenvalue weighted by Crippen LogP contribution is -2.25. The summed E-state index contributed by atoms with van der Waals surface area (Å²) in [6, 6.07) is 0.418. The summed E-state index contributed by atoms with van der Waals surface area (Å²) in [6.45, 7) is 14.7. The molecule has 2 rings (SSSR count). The summed E-state index contributed by atoms with van der Waals surface area (Å²) in [5.74, 6) is 0. The number of aryl methyl sites for hydroxylation is 1. The molecule has 0 aliphatic carbocycles. The van der Waals surface area contributed by atoms with Crippen LogP contribution >= 0.6 is 11.3 Å². The first kappa shape index (κ1) is 16.8. The maximum atomic E-state index is 4.86. The zero-order valence-electron chi connectivity index (χ0n) is 14.3. The molecule has 1 aliphatic rings. The molecule has 1 aromatic heterocycles. The number of hydrogen-bond donors (Lipinski definition) is 1. The number of nitrogens with one attached hydrogen (secondary N) is 1. The van der Waals surface area contributed by atoms with Crippen molar-refractivity contribution in [2.75, 3.05) is 24.5 Å². The SMILES string of the molecule is CCCNC(C)c1sc(N2CCC(CC)(CC)C2)nc1C. The lowest BCUT2D eigenvalue weighted by molar-refractivity contribution is 0.301. The van der Waals surface area contributed by atoms with Crippen LogP contribution in [-0.4, -0.2) is 24.6 Å². The molecule has 1 N–H and O–H groups in total. The number of aromatic nitrogens is 1. The Morgan fingerprint density at radius 3 is 2.62 bits per heavy atom. The van der Waals surface area contributed by atoms with Gasteiger partial charge < -0.3 is 10.2 Å². The summed E-state index contributed by atoms with van der Waals surface area (Å²) < 4.78 is 0. The van der Waals surface area contributed by atoms with E-state index in [2.05, 4.69) is 44.8 Å². The smallest absolute Gasteiger partial charge is 0.185 e. The van der Waals surface area contributed by atoms with Crippen LogP contribution < -0.4 is 10.2 Å². The van der Waals surface area contributed by atoms with Crippen molar-refractivity contribution >= 4 is 16.5 Å². The number of anilines is 1. The Bertz CT molecular complexity index is 451. The minimum absolute atomic E-state index is 0.418. The lowest BCUT2D eigenvalue weighted by Gasteiger charge is -2.26. The zero-order chi connectivity index (χ0) is 15.5. The van der Waals surface area contributed by atoms with E-state index in [4.69, 9.17) is 4.98 Å². The number of thiazole rings is 1. The van der Waals surface area contributed by atoms with Crippen molar-refractivity contribution in [3.05, 3.63) is 10.6 Å². The second-order valence-electron chi connectivity index (χ2n) is 6.50. The molecule has 0 bridgehead atoms. The highest BCUT2D eigenvalue weighted by molar-refractivity contribution is 7.15. The van der Waals surface area contributed by atoms with Gasteiger partial charge in [-0.1, -0.05) is 20.8 Å². The first-order chi connectivity index (χ1) is 10.0. The van der Waals surface area contributed by atoms with Gasteiger partial charge in [-0.25, -0.2) is 4.98 Å². The Morgan fingerprint density at radius 2 is 2.05 bits per heavy atom. The fraction of sp³-hybridized carbons (Fsp3) is 0.824. The van der Waals surface area contributed by atoms with Crippen LogP contribution in [-0.2, 0) is 0 Å². The van der Waals surface area contributed by atoms with Crippen LogP contribution in [0.1, 0.15) is 70.0 Å². The molecule has 120 valence electrons. The number of nitrogens with zero attached hydrogens (tertiary/aromatic N) is 2. The standard InChI is InChI=1S/C17H31N3S/c1-6-10-18-13(4)15-14(5)19-16(21-15)20-11-9-17(7-2,8-3)12-20/h13,18H,6-12H2,1-5H3. The van der Waals surface area contributed by atoms with Gasteiger partial charge in [0.25, 0.3) is 0 Å². The highest BCUT2D eigenvalue weighted by Gasteiger charge is 2.36. The van der Waals surface area contributed by atoms with Crippen molar-refractivity contribution < 1.29 is 0 Å². The number of hydrogen-bond acceptors (Lipinski definition) is 4. The van der Waals surface area contributed by atoms with Crippen molar-refractivity contribution in [3.63, 3.8) is 0 Å². The predicted molar refractivity (Wildman–Crippen MR) is 93.4 cm³/mol. The summed E-state index contributed by atoms with van der Waals surface area (Å²) in [4.78, 5) is 8.78. The van der Waals surface area contributed by atoms with Gasteiger partial charge in [0.1, 0.15) is 0 Å². The topological polar surface area (TPSA) is 28.2 Å². The first-order valence-electron chi connectivity index (χ1n) is 8.51. The monoisotopic (exact) mass is 309 g/mol. The second-order valence-corrected chi connectivity index (χ2v) is 7.51. The van der Waals surface area contributed by atoms with Crippen LogP contribution in [0.4, 0.5) is 5.13 Å². The Kier molecular flexibility index (Phi) is 5.67. The molecule has 1 aromatic rings. The average molecular weight is 310 g/mol. The van der Waals surface area contributed by atoms with Crippen LogP contribution in [0.25, 0.3) is 0 Å². The van der Waals surface area contributed by atoms with Gasteiger partial charge in [0.05, 0.1) is 5.69 Å². The summed E-state index contributed by atoms with van der Waals surface area (Å²) >= 11 is 1.89. The molecule has 4 heteroatoms. The van der Waals surface area contributed by atoms with Gasteiger partial charge in [-0.3, -0.25) is 0 Å². The van der Waals surface area contributed by atoms with E-state index in [0.717, 1.165) is 6.54 Å². The molecule has 1 atom stereocenters. The van der Waals surface area contributed by atoms with E-state index >= 15 is 0 Å². The summed E-state index contributed by atoms with van der Waals surface area (Å²) in [6.07, 6.45) is 5.06. The highest BCUT2D eigenvalue weighted by atomic mass is 32.1. The quantitative estimate of drug-likeness (QED) is 0.802. The van der Waals surface area contributed by atoms with E-state index in [-0.39, 0.29) is 0 Å². The lowest BCUT2D eigenvalue weighted by atomic mass is 9.82. The molecule has 1 fully saturated rings. The van der Waals surface area contributed by atoms with Crippen molar-refractivity contribution in [2.24, 2.45) is 5.41 Å². The molecule has 0 spiro atoms. The molecule has 0 saturated carbocycles. The maximum Gasteiger partial charge on any atom is 0.185 e. The molecule has 0 radical (unpaired) electrons. The van der Waals surface area contributed by atoms with E-state index in [9.17, 15) is 0 Å². The summed E-state index contributed by atoms with van der Waals surface area (Å²) in [5, 5.41) is 4.82. The zero-order valence-corrected chi connectivity index (χ0v) is 15.1. The van der Waals surface area contributed by atoms with Gasteiger partial charge in [-0.05, 0) is 51.5 Å². The van der Waals surface area contributed by atoms with E-state index in [1.807, 2.05) is 11.3 Å². The van der Waals surface area contributed by atoms with Crippen LogP contribution in [0.2, 0.25) is 0 Å². The van der Waals surface area contributed by atoms with Gasteiger partial charge in [-0.2, -0.15) is 0 Å². The number of rotatable bonds is 7. The van der Waals surface area contributed by atoms with E-state index in [1.165, 1.54) is 54.5 Å². The van der Waals surface area contributed by atoms with E-state index < -0.39 is 0 Å². The van der Waals surface area contributed by atoms with Crippen molar-refractivity contribution in [2.45, 2.75) is 66.3 Å². The molecule has 1 saturated heterocycles. The van der Waals surface area contributed by atoms with Crippen LogP contribution in [0.15, 0.2) is 0 Å². The summed E-state index contributed by atoms with van der Waals surface area (Å²) in [5.41, 5.74) is 1.72. The fourth-order valence-electron chi connectivity index (χ4n) is 3.31. The molecule has 0 aromatic carbocycles. The van der Waals surface area contributed by atoms with Crippen LogP contribution in [0.3, 0.4) is 0 Å². The van der Waals surface area contributed by atoms with Crippen LogP contribution in [0, 0.1) is 12.3 Å². The molecule has 1 aliphatic heterocycles. The second kappa shape index (κ2) is 7.10. The third-order valence-corrected chi connectivity index (χ3v) is 6.52. The maximum absolute atomic E-state index is 4.86. The Hall–Kier alpha value is -0.610. The van der Waals surface area contributed by atoms with E-state index in [0.29, 0.717) is 11.5 Å². The van der Waals surface area contributed by atoms with Gasteiger partial charge in [-0.15, -0.1) is 11.3 Å². The van der Waals surface area contributed by atoms with Crippen molar-refractivity contribution in [3.8, 4) is 0 Å².